The van der Waals surface area contributed by atoms with Crippen LogP contribution >= 0.6 is 11.3 Å². The van der Waals surface area contributed by atoms with Gasteiger partial charge in [-0.1, -0.05) is 29.5 Å². The van der Waals surface area contributed by atoms with Crippen molar-refractivity contribution in [3.8, 4) is 0 Å². The average Bonchev–Trinajstić information content (AvgIpc) is 2.87. The van der Waals surface area contributed by atoms with Crippen molar-refractivity contribution in [2.75, 3.05) is 0 Å². The molecule has 0 aliphatic rings. The topological polar surface area (TPSA) is 34.4 Å². The second-order valence-electron chi connectivity index (χ2n) is 5.97. The molecule has 0 fully saturated rings. The van der Waals surface area contributed by atoms with Gasteiger partial charge in [-0.05, 0) is 61.7 Å². The summed E-state index contributed by atoms with van der Waals surface area (Å²) in [4.78, 5) is 17.7. The molecule has 1 amide bonds. The Bertz CT molecular complexity index is 1010. The van der Waals surface area contributed by atoms with Crippen LogP contribution in [0, 0.1) is 20.8 Å². The van der Waals surface area contributed by atoms with E-state index in [9.17, 15) is 4.79 Å². The van der Waals surface area contributed by atoms with Crippen LogP contribution in [0.25, 0.3) is 10.2 Å². The van der Waals surface area contributed by atoms with E-state index in [2.05, 4.69) is 36.7 Å². The maximum atomic E-state index is 12.6. The molecule has 4 heteroatoms. The van der Waals surface area contributed by atoms with Gasteiger partial charge in [0.25, 0.3) is 5.91 Å². The first-order valence-electron chi connectivity index (χ1n) is 7.87. The second-order valence-corrected chi connectivity index (χ2v) is 6.98. The van der Waals surface area contributed by atoms with Crippen LogP contribution in [-0.4, -0.2) is 10.5 Å². The lowest BCUT2D eigenvalue weighted by Crippen LogP contribution is -2.16. The third kappa shape index (κ3) is 3.10. The van der Waals surface area contributed by atoms with Crippen LogP contribution in [0.5, 0.6) is 0 Å². The van der Waals surface area contributed by atoms with E-state index in [1.807, 2.05) is 42.7 Å². The molecule has 122 valence electrons. The van der Waals surface area contributed by atoms with Crippen LogP contribution in [0.4, 0.5) is 0 Å². The van der Waals surface area contributed by atoms with Gasteiger partial charge < -0.3 is 4.57 Å². The van der Waals surface area contributed by atoms with E-state index in [0.717, 1.165) is 15.8 Å². The summed E-state index contributed by atoms with van der Waals surface area (Å²) in [7, 11) is 0. The molecule has 24 heavy (non-hydrogen) atoms. The molecule has 2 aromatic carbocycles. The number of aromatic nitrogens is 1. The molecular formula is C20H20N2OS. The first kappa shape index (κ1) is 16.4. The molecule has 0 aliphatic heterocycles. The Balaban J connectivity index is 2.14. The van der Waals surface area contributed by atoms with Crippen LogP contribution in [0.1, 0.15) is 27.0 Å². The van der Waals surface area contributed by atoms with Gasteiger partial charge in [0.2, 0.25) is 0 Å². The summed E-state index contributed by atoms with van der Waals surface area (Å²) in [5.41, 5.74) is 5.17. The number of rotatable bonds is 3. The molecule has 3 aromatic rings. The minimum Gasteiger partial charge on any atom is -0.312 e. The fourth-order valence-electron chi connectivity index (χ4n) is 2.60. The van der Waals surface area contributed by atoms with Crippen molar-refractivity contribution in [3.05, 3.63) is 76.1 Å². The molecule has 0 N–H and O–H groups in total. The van der Waals surface area contributed by atoms with Crippen molar-refractivity contribution < 1.29 is 4.79 Å². The fourth-order valence-corrected chi connectivity index (χ4v) is 3.73. The molecule has 0 spiro atoms. The van der Waals surface area contributed by atoms with Crippen LogP contribution in [0.3, 0.4) is 0 Å². The summed E-state index contributed by atoms with van der Waals surface area (Å²) in [6.07, 6.45) is 1.82. The lowest BCUT2D eigenvalue weighted by Gasteiger charge is -2.03. The Labute approximate surface area is 145 Å². The lowest BCUT2D eigenvalue weighted by molar-refractivity contribution is 0.0998. The van der Waals surface area contributed by atoms with Crippen LogP contribution in [-0.2, 0) is 6.54 Å². The highest BCUT2D eigenvalue weighted by Gasteiger charge is 2.09. The SMILES string of the molecule is C=CCn1c(=NC(=O)c2ccc(C)c(C)c2)sc2cc(C)ccc21. The fraction of sp³-hybridized carbons (Fsp3) is 0.200. The Morgan fingerprint density at radius 2 is 1.96 bits per heavy atom. The molecule has 3 nitrogen and oxygen atoms in total. The number of benzene rings is 2. The van der Waals surface area contributed by atoms with Crippen molar-refractivity contribution in [3.63, 3.8) is 0 Å². The molecule has 0 radical (unpaired) electrons. The number of nitrogens with zero attached hydrogens (tertiary/aromatic N) is 2. The maximum absolute atomic E-state index is 12.6. The summed E-state index contributed by atoms with van der Waals surface area (Å²) in [5.74, 6) is -0.209. The van der Waals surface area contributed by atoms with Gasteiger partial charge in [0.15, 0.2) is 4.80 Å². The minimum atomic E-state index is -0.209. The largest absolute Gasteiger partial charge is 0.312 e. The summed E-state index contributed by atoms with van der Waals surface area (Å²) in [6.45, 7) is 10.5. The molecule has 1 heterocycles. The predicted molar refractivity (Wildman–Crippen MR) is 101 cm³/mol. The number of hydrogen-bond acceptors (Lipinski definition) is 2. The van der Waals surface area contributed by atoms with Crippen LogP contribution in [0.15, 0.2) is 54.0 Å². The third-order valence-electron chi connectivity index (χ3n) is 4.10. The van der Waals surface area contributed by atoms with E-state index < -0.39 is 0 Å². The number of carbonyl (C=O) groups excluding carboxylic acids is 1. The molecule has 0 bridgehead atoms. The maximum Gasteiger partial charge on any atom is 0.279 e. The highest BCUT2D eigenvalue weighted by atomic mass is 32.1. The van der Waals surface area contributed by atoms with Gasteiger partial charge in [0.1, 0.15) is 0 Å². The Morgan fingerprint density at radius 3 is 2.67 bits per heavy atom. The highest BCUT2D eigenvalue weighted by molar-refractivity contribution is 7.16. The summed E-state index contributed by atoms with van der Waals surface area (Å²) in [5, 5.41) is 0. The third-order valence-corrected chi connectivity index (χ3v) is 5.14. The number of fused-ring (bicyclic) bond motifs is 1. The van der Waals surface area contributed by atoms with Gasteiger partial charge in [0.05, 0.1) is 10.2 Å². The van der Waals surface area contributed by atoms with Crippen molar-refractivity contribution >= 4 is 27.5 Å². The van der Waals surface area contributed by atoms with E-state index in [0.29, 0.717) is 16.9 Å². The van der Waals surface area contributed by atoms with Crippen LogP contribution < -0.4 is 4.80 Å². The predicted octanol–water partition coefficient (Wildman–Crippen LogP) is 4.56. The van der Waals surface area contributed by atoms with Crippen LogP contribution in [0.2, 0.25) is 0 Å². The van der Waals surface area contributed by atoms with Crippen molar-refractivity contribution in [2.45, 2.75) is 27.3 Å². The molecule has 0 atom stereocenters. The van der Waals surface area contributed by atoms with E-state index >= 15 is 0 Å². The van der Waals surface area contributed by atoms with E-state index in [4.69, 9.17) is 0 Å². The van der Waals surface area contributed by atoms with E-state index in [1.54, 1.807) is 0 Å². The molecule has 0 aliphatic carbocycles. The lowest BCUT2D eigenvalue weighted by atomic mass is 10.1. The quantitative estimate of drug-likeness (QED) is 0.646. The smallest absolute Gasteiger partial charge is 0.279 e. The Kier molecular flexibility index (Phi) is 4.49. The Hall–Kier alpha value is -2.46. The zero-order valence-corrected chi connectivity index (χ0v) is 15.0. The molecule has 0 saturated heterocycles. The normalized spacial score (nSPS) is 11.9. The average molecular weight is 336 g/mol. The standard InChI is InChI=1S/C20H20N2OS/c1-5-10-22-17-9-6-13(2)11-18(17)24-20(22)21-19(23)16-8-7-14(3)15(4)12-16/h5-9,11-12H,1,10H2,2-4H3. The van der Waals surface area contributed by atoms with Crippen molar-refractivity contribution in [1.29, 1.82) is 0 Å². The van der Waals surface area contributed by atoms with E-state index in [-0.39, 0.29) is 5.91 Å². The molecule has 3 rings (SSSR count). The summed E-state index contributed by atoms with van der Waals surface area (Å²) < 4.78 is 3.16. The molecule has 0 saturated carbocycles. The highest BCUT2D eigenvalue weighted by Crippen LogP contribution is 2.19. The van der Waals surface area contributed by atoms with Gasteiger partial charge in [-0.3, -0.25) is 4.79 Å². The second kappa shape index (κ2) is 6.57. The number of hydrogen-bond donors (Lipinski definition) is 0. The van der Waals surface area contributed by atoms with Crippen molar-refractivity contribution in [2.24, 2.45) is 4.99 Å². The van der Waals surface area contributed by atoms with Gasteiger partial charge >= 0.3 is 0 Å². The van der Waals surface area contributed by atoms with Crippen molar-refractivity contribution in [1.82, 2.24) is 4.57 Å². The number of amides is 1. The van der Waals surface area contributed by atoms with E-state index in [1.165, 1.54) is 22.5 Å². The zero-order chi connectivity index (χ0) is 17.3. The van der Waals surface area contributed by atoms with Gasteiger partial charge in [-0.25, -0.2) is 0 Å². The number of thiazole rings is 1. The first-order chi connectivity index (χ1) is 11.5. The monoisotopic (exact) mass is 336 g/mol. The Morgan fingerprint density at radius 1 is 1.17 bits per heavy atom. The van der Waals surface area contributed by atoms with Gasteiger partial charge in [0, 0.05) is 12.1 Å². The number of allylic oxidation sites excluding steroid dienone is 1. The number of carbonyl (C=O) groups is 1. The summed E-state index contributed by atoms with van der Waals surface area (Å²) in [6, 6.07) is 12.0. The first-order valence-corrected chi connectivity index (χ1v) is 8.68. The van der Waals surface area contributed by atoms with Gasteiger partial charge in [-0.15, -0.1) is 6.58 Å². The van der Waals surface area contributed by atoms with Gasteiger partial charge in [-0.2, -0.15) is 4.99 Å². The molecular weight excluding hydrogens is 316 g/mol. The summed E-state index contributed by atoms with van der Waals surface area (Å²) >= 11 is 1.54. The molecule has 0 unspecified atom stereocenters. The molecule has 1 aromatic heterocycles. The number of aryl methyl sites for hydroxylation is 3. The zero-order valence-electron chi connectivity index (χ0n) is 14.2. The minimum absolute atomic E-state index is 0.209.